The molecular formula is C17H14N2O. The van der Waals surface area contributed by atoms with Crippen LogP contribution in [-0.2, 0) is 13.7 Å². The quantitative estimate of drug-likeness (QED) is 0.723. The van der Waals surface area contributed by atoms with Gasteiger partial charge in [-0.25, -0.2) is 0 Å². The van der Waals surface area contributed by atoms with Crippen molar-refractivity contribution in [2.45, 2.75) is 6.61 Å². The van der Waals surface area contributed by atoms with Gasteiger partial charge in [-0.1, -0.05) is 30.3 Å². The molecule has 0 unspecified atom stereocenters. The zero-order valence-electron chi connectivity index (χ0n) is 11.2. The standard InChI is InChI=1S/C17H14N2O/c1-19-11-14(10-18)16-8-7-15(9-17(16)19)20-12-13-5-3-2-4-6-13/h2-9,11H,12H2,1H3. The van der Waals surface area contributed by atoms with Crippen LogP contribution in [0.4, 0.5) is 0 Å². The maximum Gasteiger partial charge on any atom is 0.121 e. The summed E-state index contributed by atoms with van der Waals surface area (Å²) in [6.07, 6.45) is 1.84. The number of nitrogens with zero attached hydrogens (tertiary/aromatic N) is 2. The molecule has 0 N–H and O–H groups in total. The van der Waals surface area contributed by atoms with Gasteiger partial charge in [0.05, 0.1) is 11.1 Å². The molecule has 0 saturated carbocycles. The molecule has 3 aromatic rings. The highest BCUT2D eigenvalue weighted by Gasteiger charge is 2.07. The van der Waals surface area contributed by atoms with Gasteiger partial charge in [-0.15, -0.1) is 0 Å². The third-order valence-corrected chi connectivity index (χ3v) is 3.33. The highest BCUT2D eigenvalue weighted by molar-refractivity contribution is 5.87. The van der Waals surface area contributed by atoms with Crippen molar-refractivity contribution >= 4 is 10.9 Å². The maximum absolute atomic E-state index is 9.08. The lowest BCUT2D eigenvalue weighted by molar-refractivity contribution is 0.306. The first-order valence-corrected chi connectivity index (χ1v) is 6.44. The lowest BCUT2D eigenvalue weighted by Gasteiger charge is -2.07. The van der Waals surface area contributed by atoms with Gasteiger partial charge in [-0.3, -0.25) is 0 Å². The summed E-state index contributed by atoms with van der Waals surface area (Å²) in [4.78, 5) is 0. The van der Waals surface area contributed by atoms with Gasteiger partial charge in [0.25, 0.3) is 0 Å². The summed E-state index contributed by atoms with van der Waals surface area (Å²) < 4.78 is 7.75. The Labute approximate surface area is 117 Å². The topological polar surface area (TPSA) is 38.0 Å². The normalized spacial score (nSPS) is 10.4. The van der Waals surface area contributed by atoms with Crippen LogP contribution in [0.15, 0.2) is 54.7 Å². The van der Waals surface area contributed by atoms with Crippen LogP contribution in [0.1, 0.15) is 11.1 Å². The molecule has 2 aromatic carbocycles. The Morgan fingerprint density at radius 3 is 2.70 bits per heavy atom. The van der Waals surface area contributed by atoms with Crippen molar-refractivity contribution < 1.29 is 4.74 Å². The van der Waals surface area contributed by atoms with E-state index in [0.29, 0.717) is 12.2 Å². The lowest BCUT2D eigenvalue weighted by Crippen LogP contribution is -1.95. The van der Waals surface area contributed by atoms with Crippen LogP contribution in [0.5, 0.6) is 5.75 Å². The highest BCUT2D eigenvalue weighted by Crippen LogP contribution is 2.25. The second kappa shape index (κ2) is 5.10. The Bertz CT molecular complexity index is 782. The third-order valence-electron chi connectivity index (χ3n) is 3.33. The molecule has 0 spiro atoms. The van der Waals surface area contributed by atoms with Gasteiger partial charge >= 0.3 is 0 Å². The fourth-order valence-electron chi connectivity index (χ4n) is 2.28. The number of benzene rings is 2. The van der Waals surface area contributed by atoms with E-state index < -0.39 is 0 Å². The van der Waals surface area contributed by atoms with Gasteiger partial charge in [0, 0.05) is 24.7 Å². The summed E-state index contributed by atoms with van der Waals surface area (Å²) >= 11 is 0. The van der Waals surface area contributed by atoms with Crippen LogP contribution in [0.3, 0.4) is 0 Å². The van der Waals surface area contributed by atoms with Crippen LogP contribution in [0.2, 0.25) is 0 Å². The number of hydrogen-bond donors (Lipinski definition) is 0. The molecule has 0 radical (unpaired) electrons. The van der Waals surface area contributed by atoms with E-state index in [4.69, 9.17) is 10.00 Å². The molecule has 0 aliphatic rings. The second-order valence-corrected chi connectivity index (χ2v) is 4.72. The number of aromatic nitrogens is 1. The molecule has 0 saturated heterocycles. The van der Waals surface area contributed by atoms with Crippen LogP contribution >= 0.6 is 0 Å². The predicted octanol–water partition coefficient (Wildman–Crippen LogP) is 3.63. The van der Waals surface area contributed by atoms with Crippen LogP contribution in [0.25, 0.3) is 10.9 Å². The largest absolute Gasteiger partial charge is 0.489 e. The Morgan fingerprint density at radius 1 is 1.15 bits per heavy atom. The Balaban J connectivity index is 1.87. The summed E-state index contributed by atoms with van der Waals surface area (Å²) in [7, 11) is 1.93. The molecule has 1 aromatic heterocycles. The van der Waals surface area contributed by atoms with E-state index in [0.717, 1.165) is 22.2 Å². The minimum absolute atomic E-state index is 0.544. The van der Waals surface area contributed by atoms with Gasteiger partial charge in [0.2, 0.25) is 0 Å². The highest BCUT2D eigenvalue weighted by atomic mass is 16.5. The van der Waals surface area contributed by atoms with Crippen molar-refractivity contribution in [1.82, 2.24) is 4.57 Å². The minimum atomic E-state index is 0.544. The fraction of sp³-hybridized carbons (Fsp3) is 0.118. The molecule has 0 fully saturated rings. The SMILES string of the molecule is Cn1cc(C#N)c2ccc(OCc3ccccc3)cc21. The molecule has 0 aliphatic heterocycles. The van der Waals surface area contributed by atoms with E-state index in [2.05, 4.69) is 6.07 Å². The van der Waals surface area contributed by atoms with Gasteiger partial charge in [0.15, 0.2) is 0 Å². The first-order valence-electron chi connectivity index (χ1n) is 6.44. The van der Waals surface area contributed by atoms with E-state index in [1.165, 1.54) is 0 Å². The minimum Gasteiger partial charge on any atom is -0.489 e. The lowest BCUT2D eigenvalue weighted by atomic mass is 10.2. The van der Waals surface area contributed by atoms with Gasteiger partial charge < -0.3 is 9.30 Å². The Hall–Kier alpha value is -2.73. The maximum atomic E-state index is 9.08. The van der Waals surface area contributed by atoms with Crippen molar-refractivity contribution in [3.05, 3.63) is 65.9 Å². The second-order valence-electron chi connectivity index (χ2n) is 4.72. The van der Waals surface area contributed by atoms with E-state index in [1.807, 2.05) is 66.3 Å². The van der Waals surface area contributed by atoms with E-state index in [1.54, 1.807) is 0 Å². The number of ether oxygens (including phenoxy) is 1. The van der Waals surface area contributed by atoms with Crippen molar-refractivity contribution in [2.75, 3.05) is 0 Å². The average molecular weight is 262 g/mol. The monoisotopic (exact) mass is 262 g/mol. The Kier molecular flexibility index (Phi) is 3.14. The molecule has 0 atom stereocenters. The Morgan fingerprint density at radius 2 is 1.95 bits per heavy atom. The van der Waals surface area contributed by atoms with Crippen LogP contribution in [0, 0.1) is 11.3 Å². The summed E-state index contributed by atoms with van der Waals surface area (Å²) in [5, 5.41) is 10.0. The van der Waals surface area contributed by atoms with Crippen LogP contribution in [-0.4, -0.2) is 4.57 Å². The van der Waals surface area contributed by atoms with Crippen molar-refractivity contribution in [2.24, 2.45) is 7.05 Å². The van der Waals surface area contributed by atoms with E-state index >= 15 is 0 Å². The molecule has 3 nitrogen and oxygen atoms in total. The molecule has 1 heterocycles. The van der Waals surface area contributed by atoms with Crippen molar-refractivity contribution in [1.29, 1.82) is 5.26 Å². The van der Waals surface area contributed by atoms with Gasteiger partial charge in [-0.2, -0.15) is 5.26 Å². The van der Waals surface area contributed by atoms with Gasteiger partial charge in [-0.05, 0) is 17.7 Å². The molecule has 20 heavy (non-hydrogen) atoms. The van der Waals surface area contributed by atoms with Crippen molar-refractivity contribution in [3.63, 3.8) is 0 Å². The number of aryl methyl sites for hydroxylation is 1. The van der Waals surface area contributed by atoms with Crippen molar-refractivity contribution in [3.8, 4) is 11.8 Å². The zero-order chi connectivity index (χ0) is 13.9. The number of fused-ring (bicyclic) bond motifs is 1. The molecule has 3 rings (SSSR count). The summed E-state index contributed by atoms with van der Waals surface area (Å²) in [6.45, 7) is 0.544. The van der Waals surface area contributed by atoms with E-state index in [-0.39, 0.29) is 0 Å². The summed E-state index contributed by atoms with van der Waals surface area (Å²) in [6, 6.07) is 18.1. The average Bonchev–Trinajstić information content (AvgIpc) is 2.82. The smallest absolute Gasteiger partial charge is 0.121 e. The van der Waals surface area contributed by atoms with Gasteiger partial charge in [0.1, 0.15) is 18.4 Å². The molecule has 0 aliphatic carbocycles. The molecule has 98 valence electrons. The summed E-state index contributed by atoms with van der Waals surface area (Å²) in [5.41, 5.74) is 2.83. The van der Waals surface area contributed by atoms with E-state index in [9.17, 15) is 0 Å². The summed E-state index contributed by atoms with van der Waals surface area (Å²) in [5.74, 6) is 0.812. The number of hydrogen-bond acceptors (Lipinski definition) is 2. The number of nitriles is 1. The molecule has 0 bridgehead atoms. The third kappa shape index (κ3) is 2.24. The molecular weight excluding hydrogens is 248 g/mol. The first-order chi connectivity index (χ1) is 9.78. The first kappa shape index (κ1) is 12.3. The number of rotatable bonds is 3. The molecule has 3 heteroatoms. The fourth-order valence-corrected chi connectivity index (χ4v) is 2.28. The van der Waals surface area contributed by atoms with Crippen LogP contribution < -0.4 is 4.74 Å². The molecule has 0 amide bonds. The zero-order valence-corrected chi connectivity index (χ0v) is 11.2. The predicted molar refractivity (Wildman–Crippen MR) is 78.4 cm³/mol.